The van der Waals surface area contributed by atoms with E-state index in [4.69, 9.17) is 0 Å². The van der Waals surface area contributed by atoms with Gasteiger partial charge in [-0.05, 0) is 6.07 Å². The van der Waals surface area contributed by atoms with Crippen LogP contribution < -0.4 is 0 Å². The number of nitrogens with one attached hydrogen (secondary N) is 1. The number of carbonyl (C=O) groups is 1. The molecule has 0 aliphatic heterocycles. The molecule has 0 atom stereocenters. The van der Waals surface area contributed by atoms with Crippen molar-refractivity contribution in [1.82, 2.24) is 29.8 Å². The van der Waals surface area contributed by atoms with Crippen LogP contribution in [0, 0.1) is 0 Å². The zero-order chi connectivity index (χ0) is 15.1. The van der Waals surface area contributed by atoms with Crippen molar-refractivity contribution in [1.29, 1.82) is 0 Å². The summed E-state index contributed by atoms with van der Waals surface area (Å²) >= 11 is 1.24. The first-order chi connectivity index (χ1) is 10.8. The molecule has 0 saturated heterocycles. The summed E-state index contributed by atoms with van der Waals surface area (Å²) in [4.78, 5) is 14.6. The lowest BCUT2D eigenvalue weighted by Gasteiger charge is -1.99. The third kappa shape index (κ3) is 1.90. The minimum atomic E-state index is -0.323. The normalized spacial score (nSPS) is 11.5. The molecule has 4 rings (SSSR count). The number of fused-ring (bicyclic) bond motifs is 5. The van der Waals surface area contributed by atoms with Crippen LogP contribution in [0.25, 0.3) is 27.8 Å². The van der Waals surface area contributed by atoms with Gasteiger partial charge in [-0.3, -0.25) is 4.79 Å². The van der Waals surface area contributed by atoms with Gasteiger partial charge in [-0.2, -0.15) is 0 Å². The first-order valence-electron chi connectivity index (χ1n) is 6.46. The number of para-hydroxylation sites is 1. The lowest BCUT2D eigenvalue weighted by Crippen LogP contribution is -2.04. The van der Waals surface area contributed by atoms with Gasteiger partial charge in [0.1, 0.15) is 11.2 Å². The summed E-state index contributed by atoms with van der Waals surface area (Å²) in [5.74, 6) is 0.213. The van der Waals surface area contributed by atoms with Crippen molar-refractivity contribution in [3.63, 3.8) is 0 Å². The number of thioether (sulfide) groups is 1. The first-order valence-corrected chi connectivity index (χ1v) is 7.44. The van der Waals surface area contributed by atoms with Gasteiger partial charge in [0, 0.05) is 10.9 Å². The number of hydrogen-bond acceptors (Lipinski definition) is 7. The maximum absolute atomic E-state index is 11.3. The van der Waals surface area contributed by atoms with E-state index in [0.29, 0.717) is 10.9 Å². The van der Waals surface area contributed by atoms with E-state index in [1.54, 1.807) is 4.40 Å². The second-order valence-corrected chi connectivity index (χ2v) is 5.49. The number of ether oxygens (including phenoxy) is 1. The van der Waals surface area contributed by atoms with Gasteiger partial charge in [0.15, 0.2) is 5.16 Å². The Morgan fingerprint density at radius 3 is 2.95 bits per heavy atom. The zero-order valence-electron chi connectivity index (χ0n) is 11.5. The fourth-order valence-corrected chi connectivity index (χ4v) is 3.03. The summed E-state index contributed by atoms with van der Waals surface area (Å²) in [6.45, 7) is 0. The number of aromatic amines is 1. The standard InChI is InChI=1S/C13H10N6O2S/c1-21-9(20)6-22-13-18-17-12-16-15-10-7-4-2-3-5-8(7)14-11(10)19(12)13/h2-5,14H,6H2,1H3. The highest BCUT2D eigenvalue weighted by Gasteiger charge is 2.16. The number of rotatable bonds is 3. The molecule has 0 spiro atoms. The SMILES string of the molecule is COC(=O)CSc1nnc2nnc3c4ccccc4[nH]c3n12. The van der Waals surface area contributed by atoms with Crippen LogP contribution in [0.3, 0.4) is 0 Å². The highest BCUT2D eigenvalue weighted by molar-refractivity contribution is 7.99. The van der Waals surface area contributed by atoms with Crippen LogP contribution in [0.15, 0.2) is 29.4 Å². The van der Waals surface area contributed by atoms with Gasteiger partial charge >= 0.3 is 5.97 Å². The molecule has 0 bridgehead atoms. The Kier molecular flexibility index (Phi) is 2.93. The van der Waals surface area contributed by atoms with E-state index in [-0.39, 0.29) is 11.7 Å². The largest absolute Gasteiger partial charge is 0.468 e. The summed E-state index contributed by atoms with van der Waals surface area (Å²) in [7, 11) is 1.35. The van der Waals surface area contributed by atoms with E-state index in [9.17, 15) is 4.79 Å². The summed E-state index contributed by atoms with van der Waals surface area (Å²) in [5.41, 5.74) is 2.45. The Hall–Kier alpha value is -2.68. The van der Waals surface area contributed by atoms with Crippen LogP contribution in [0.2, 0.25) is 0 Å². The van der Waals surface area contributed by atoms with Crippen molar-refractivity contribution in [3.8, 4) is 0 Å². The molecule has 1 aromatic carbocycles. The van der Waals surface area contributed by atoms with Crippen molar-refractivity contribution in [3.05, 3.63) is 24.3 Å². The minimum absolute atomic E-state index is 0.154. The van der Waals surface area contributed by atoms with Gasteiger partial charge in [0.25, 0.3) is 5.78 Å². The number of methoxy groups -OCH3 is 1. The smallest absolute Gasteiger partial charge is 0.316 e. The van der Waals surface area contributed by atoms with Crippen LogP contribution in [0.5, 0.6) is 0 Å². The van der Waals surface area contributed by atoms with Crippen molar-refractivity contribution in [2.24, 2.45) is 0 Å². The first kappa shape index (κ1) is 13.0. The average molecular weight is 314 g/mol. The number of carbonyl (C=O) groups excluding carboxylic acids is 1. The number of benzene rings is 1. The van der Waals surface area contributed by atoms with Crippen molar-refractivity contribution in [2.45, 2.75) is 5.16 Å². The molecular weight excluding hydrogens is 304 g/mol. The van der Waals surface area contributed by atoms with Gasteiger partial charge in [0.05, 0.1) is 12.9 Å². The van der Waals surface area contributed by atoms with E-state index in [1.807, 2.05) is 24.3 Å². The van der Waals surface area contributed by atoms with Crippen LogP contribution >= 0.6 is 11.8 Å². The van der Waals surface area contributed by atoms with Crippen LogP contribution in [-0.2, 0) is 9.53 Å². The molecular formula is C13H10N6O2S. The average Bonchev–Trinajstić information content (AvgIpc) is 3.13. The predicted molar refractivity (Wildman–Crippen MR) is 80.7 cm³/mol. The molecule has 0 aliphatic carbocycles. The summed E-state index contributed by atoms with van der Waals surface area (Å²) in [6, 6.07) is 7.83. The van der Waals surface area contributed by atoms with Gasteiger partial charge in [0.2, 0.25) is 0 Å². The minimum Gasteiger partial charge on any atom is -0.468 e. The molecule has 0 amide bonds. The number of aromatic nitrogens is 6. The molecule has 1 N–H and O–H groups in total. The molecule has 4 aromatic rings. The Balaban J connectivity index is 1.93. The van der Waals surface area contributed by atoms with E-state index >= 15 is 0 Å². The molecule has 0 saturated carbocycles. The van der Waals surface area contributed by atoms with E-state index in [1.165, 1.54) is 18.9 Å². The highest BCUT2D eigenvalue weighted by atomic mass is 32.2. The molecule has 3 aromatic heterocycles. The molecule has 0 aliphatic rings. The fraction of sp³-hybridized carbons (Fsp3) is 0.154. The lowest BCUT2D eigenvalue weighted by atomic mass is 10.2. The van der Waals surface area contributed by atoms with E-state index < -0.39 is 0 Å². The second kappa shape index (κ2) is 4.95. The number of H-pyrrole nitrogens is 1. The summed E-state index contributed by atoms with van der Waals surface area (Å²) in [6.07, 6.45) is 0. The monoisotopic (exact) mass is 314 g/mol. The highest BCUT2D eigenvalue weighted by Crippen LogP contribution is 2.26. The Morgan fingerprint density at radius 2 is 2.09 bits per heavy atom. The van der Waals surface area contributed by atoms with Gasteiger partial charge in [-0.25, -0.2) is 4.40 Å². The zero-order valence-corrected chi connectivity index (χ0v) is 12.3. The Bertz CT molecular complexity index is 1010. The van der Waals surface area contributed by atoms with Gasteiger partial charge in [-0.1, -0.05) is 30.0 Å². The maximum atomic E-state index is 11.3. The molecule has 8 nitrogen and oxygen atoms in total. The second-order valence-electron chi connectivity index (χ2n) is 4.55. The fourth-order valence-electron chi connectivity index (χ4n) is 2.27. The van der Waals surface area contributed by atoms with Crippen molar-refractivity contribution in [2.75, 3.05) is 12.9 Å². The van der Waals surface area contributed by atoms with Gasteiger partial charge < -0.3 is 9.72 Å². The summed E-state index contributed by atoms with van der Waals surface area (Å²) < 4.78 is 6.40. The van der Waals surface area contributed by atoms with Crippen LogP contribution in [-0.4, -0.2) is 48.6 Å². The molecule has 3 heterocycles. The van der Waals surface area contributed by atoms with Crippen molar-refractivity contribution >= 4 is 45.6 Å². The van der Waals surface area contributed by atoms with E-state index in [2.05, 4.69) is 30.1 Å². The number of hydrogen-bond donors (Lipinski definition) is 1. The maximum Gasteiger partial charge on any atom is 0.316 e. The number of esters is 1. The predicted octanol–water partition coefficient (Wildman–Crippen LogP) is 1.42. The summed E-state index contributed by atoms with van der Waals surface area (Å²) in [5, 5.41) is 17.9. The van der Waals surface area contributed by atoms with Crippen molar-refractivity contribution < 1.29 is 9.53 Å². The topological polar surface area (TPSA) is 98.1 Å². The van der Waals surface area contributed by atoms with E-state index in [0.717, 1.165) is 22.1 Å². The van der Waals surface area contributed by atoms with Crippen LogP contribution in [0.4, 0.5) is 0 Å². The molecule has 0 radical (unpaired) electrons. The Morgan fingerprint density at radius 1 is 1.27 bits per heavy atom. The quantitative estimate of drug-likeness (QED) is 0.451. The van der Waals surface area contributed by atoms with Crippen LogP contribution in [0.1, 0.15) is 0 Å². The molecule has 9 heteroatoms. The molecule has 0 unspecified atom stereocenters. The van der Waals surface area contributed by atoms with Gasteiger partial charge in [-0.15, -0.1) is 20.4 Å². The Labute approximate surface area is 127 Å². The molecule has 110 valence electrons. The third-order valence-corrected chi connectivity index (χ3v) is 4.19. The molecule has 22 heavy (non-hydrogen) atoms. The molecule has 0 fully saturated rings. The number of nitrogens with zero attached hydrogens (tertiary/aromatic N) is 5. The third-order valence-electron chi connectivity index (χ3n) is 3.29. The lowest BCUT2D eigenvalue weighted by molar-refractivity contribution is -0.137.